The van der Waals surface area contributed by atoms with Crippen molar-refractivity contribution in [2.45, 2.75) is 0 Å². The second-order valence-corrected chi connectivity index (χ2v) is 5.35. The summed E-state index contributed by atoms with van der Waals surface area (Å²) in [5.74, 6) is 0.0389. The lowest BCUT2D eigenvalue weighted by Gasteiger charge is -2.06. The number of hydrogen-bond donors (Lipinski definition) is 1. The van der Waals surface area contributed by atoms with Crippen LogP contribution in [0.3, 0.4) is 0 Å². The number of benzene rings is 2. The Morgan fingerprint density at radius 2 is 1.82 bits per heavy atom. The summed E-state index contributed by atoms with van der Waals surface area (Å²) in [5.41, 5.74) is 3.18. The number of amides is 1. The molecule has 0 saturated carbocycles. The van der Waals surface area contributed by atoms with Crippen LogP contribution < -0.4 is 10.2 Å². The zero-order valence-electron chi connectivity index (χ0n) is 11.4. The highest BCUT2D eigenvalue weighted by Crippen LogP contribution is 2.29. The number of carbonyl (C=O) groups excluding carboxylic acids is 1. The van der Waals surface area contributed by atoms with Gasteiger partial charge in [-0.3, -0.25) is 4.79 Å². The van der Waals surface area contributed by atoms with Gasteiger partial charge in [0.2, 0.25) is 0 Å². The molecule has 0 atom stereocenters. The molecule has 1 amide bonds. The fourth-order valence-electron chi connectivity index (χ4n) is 1.71. The van der Waals surface area contributed by atoms with Crippen molar-refractivity contribution < 1.29 is 9.53 Å². The second-order valence-electron chi connectivity index (χ2n) is 4.16. The molecular weight excluding hydrogens is 347 g/mol. The summed E-state index contributed by atoms with van der Waals surface area (Å²) in [6, 6.07) is 9.98. The predicted molar refractivity (Wildman–Crippen MR) is 89.5 cm³/mol. The summed E-state index contributed by atoms with van der Waals surface area (Å²) in [6.07, 6.45) is 1.34. The lowest BCUT2D eigenvalue weighted by Crippen LogP contribution is -2.18. The molecule has 114 valence electrons. The summed E-state index contributed by atoms with van der Waals surface area (Å²) in [6.45, 7) is 0. The highest BCUT2D eigenvalue weighted by molar-refractivity contribution is 6.45. The van der Waals surface area contributed by atoms with Crippen LogP contribution in [0, 0.1) is 0 Å². The molecule has 0 aliphatic carbocycles. The molecule has 1 N–H and O–H groups in total. The van der Waals surface area contributed by atoms with E-state index in [2.05, 4.69) is 10.5 Å². The van der Waals surface area contributed by atoms with E-state index in [1.807, 2.05) is 0 Å². The highest BCUT2D eigenvalue weighted by atomic mass is 35.5. The van der Waals surface area contributed by atoms with Gasteiger partial charge >= 0.3 is 0 Å². The Kier molecular flexibility index (Phi) is 5.66. The molecule has 22 heavy (non-hydrogen) atoms. The summed E-state index contributed by atoms with van der Waals surface area (Å²) < 4.78 is 5.11. The number of carbonyl (C=O) groups is 1. The molecule has 0 aliphatic rings. The van der Waals surface area contributed by atoms with Crippen molar-refractivity contribution in [3.63, 3.8) is 0 Å². The van der Waals surface area contributed by atoms with Gasteiger partial charge in [-0.2, -0.15) is 5.10 Å². The minimum atomic E-state index is -0.414. The molecule has 7 heteroatoms. The molecule has 0 bridgehead atoms. The minimum Gasteiger partial charge on any atom is -0.496 e. The predicted octanol–water partition coefficient (Wildman–Crippen LogP) is 4.42. The van der Waals surface area contributed by atoms with Crippen molar-refractivity contribution in [1.29, 1.82) is 0 Å². The molecule has 0 saturated heterocycles. The maximum absolute atomic E-state index is 12.1. The number of rotatable bonds is 4. The number of para-hydroxylation sites is 1. The second kappa shape index (κ2) is 7.49. The molecule has 0 aromatic heterocycles. The number of nitrogens with zero attached hydrogens (tertiary/aromatic N) is 1. The van der Waals surface area contributed by atoms with Crippen LogP contribution in [0.5, 0.6) is 5.75 Å². The molecule has 2 aromatic carbocycles. The van der Waals surface area contributed by atoms with Crippen LogP contribution in [0.1, 0.15) is 15.9 Å². The molecular formula is C15H11Cl3N2O2. The smallest absolute Gasteiger partial charge is 0.275 e. The van der Waals surface area contributed by atoms with E-state index >= 15 is 0 Å². The van der Waals surface area contributed by atoms with Crippen LogP contribution in [-0.4, -0.2) is 19.2 Å². The van der Waals surface area contributed by atoms with Crippen LogP contribution in [0.4, 0.5) is 0 Å². The van der Waals surface area contributed by atoms with Gasteiger partial charge in [0.15, 0.2) is 0 Å². The number of nitrogens with one attached hydrogen (secondary N) is 1. The quantitative estimate of drug-likeness (QED) is 0.500. The Labute approximate surface area is 142 Å². The van der Waals surface area contributed by atoms with Crippen molar-refractivity contribution in [2.24, 2.45) is 5.10 Å². The third kappa shape index (κ3) is 3.71. The highest BCUT2D eigenvalue weighted by Gasteiger charge is 2.11. The van der Waals surface area contributed by atoms with Crippen LogP contribution in [0.15, 0.2) is 41.5 Å². The normalized spacial score (nSPS) is 10.7. The number of hydrogen-bond acceptors (Lipinski definition) is 3. The van der Waals surface area contributed by atoms with E-state index in [0.717, 1.165) is 0 Å². The van der Waals surface area contributed by atoms with E-state index in [1.54, 1.807) is 36.4 Å². The first-order chi connectivity index (χ1) is 10.5. The zero-order valence-corrected chi connectivity index (χ0v) is 13.7. The molecule has 0 radical (unpaired) electrons. The minimum absolute atomic E-state index is 0.268. The molecule has 0 fully saturated rings. The van der Waals surface area contributed by atoms with Crippen LogP contribution in [0.25, 0.3) is 0 Å². The average molecular weight is 358 g/mol. The number of methoxy groups -OCH3 is 1. The van der Waals surface area contributed by atoms with Crippen LogP contribution in [-0.2, 0) is 0 Å². The molecule has 2 rings (SSSR count). The van der Waals surface area contributed by atoms with Crippen molar-refractivity contribution in [3.8, 4) is 5.75 Å². The van der Waals surface area contributed by atoms with Gasteiger partial charge in [-0.15, -0.1) is 0 Å². The summed E-state index contributed by atoms with van der Waals surface area (Å²) in [4.78, 5) is 12.1. The van der Waals surface area contributed by atoms with E-state index in [1.165, 1.54) is 13.3 Å². The zero-order chi connectivity index (χ0) is 16.1. The standard InChI is InChI=1S/C15H11Cl3N2O2/c1-22-13-5-3-2-4-9(13)15(21)20-19-8-10-11(16)6-7-12(17)14(10)18/h2-8H,1H3,(H,20,21)/b19-8+. The van der Waals surface area contributed by atoms with Crippen molar-refractivity contribution >= 4 is 46.9 Å². The Bertz CT molecular complexity index is 733. The largest absolute Gasteiger partial charge is 0.496 e. The van der Waals surface area contributed by atoms with Gasteiger partial charge < -0.3 is 4.74 Å². The van der Waals surface area contributed by atoms with Gasteiger partial charge in [-0.05, 0) is 24.3 Å². The van der Waals surface area contributed by atoms with Crippen molar-refractivity contribution in [2.75, 3.05) is 7.11 Å². The van der Waals surface area contributed by atoms with Gasteiger partial charge in [-0.25, -0.2) is 5.43 Å². The first-order valence-electron chi connectivity index (χ1n) is 6.14. The first-order valence-corrected chi connectivity index (χ1v) is 7.28. The topological polar surface area (TPSA) is 50.7 Å². The number of halogens is 3. The Morgan fingerprint density at radius 1 is 1.14 bits per heavy atom. The van der Waals surface area contributed by atoms with E-state index in [0.29, 0.717) is 26.9 Å². The Hall–Kier alpha value is -1.75. The van der Waals surface area contributed by atoms with Crippen LogP contribution >= 0.6 is 34.8 Å². The van der Waals surface area contributed by atoms with E-state index in [9.17, 15) is 4.79 Å². The van der Waals surface area contributed by atoms with Crippen molar-refractivity contribution in [3.05, 3.63) is 62.6 Å². The molecule has 0 aliphatic heterocycles. The molecule has 0 spiro atoms. The van der Waals surface area contributed by atoms with Gasteiger partial charge in [0, 0.05) is 5.56 Å². The SMILES string of the molecule is COc1ccccc1C(=O)N/N=C/c1c(Cl)ccc(Cl)c1Cl. The fourth-order valence-corrected chi connectivity index (χ4v) is 2.34. The lowest BCUT2D eigenvalue weighted by molar-refractivity contribution is 0.0952. The first kappa shape index (κ1) is 16.6. The van der Waals surface area contributed by atoms with Gasteiger partial charge in [0.1, 0.15) is 5.75 Å². The van der Waals surface area contributed by atoms with Crippen molar-refractivity contribution in [1.82, 2.24) is 5.43 Å². The summed E-state index contributed by atoms with van der Waals surface area (Å²) >= 11 is 18.0. The Balaban J connectivity index is 2.16. The molecule has 0 unspecified atom stereocenters. The maximum atomic E-state index is 12.1. The third-order valence-electron chi connectivity index (χ3n) is 2.79. The van der Waals surface area contributed by atoms with Crippen LogP contribution in [0.2, 0.25) is 15.1 Å². The molecule has 0 heterocycles. The third-order valence-corrected chi connectivity index (χ3v) is 3.94. The number of ether oxygens (including phenoxy) is 1. The molecule has 2 aromatic rings. The van der Waals surface area contributed by atoms with E-state index in [4.69, 9.17) is 39.5 Å². The van der Waals surface area contributed by atoms with Gasteiger partial charge in [0.25, 0.3) is 5.91 Å². The fraction of sp³-hybridized carbons (Fsp3) is 0.0667. The Morgan fingerprint density at radius 3 is 2.55 bits per heavy atom. The van der Waals surface area contributed by atoms with Gasteiger partial charge in [0.05, 0.1) is 34.0 Å². The summed E-state index contributed by atoms with van der Waals surface area (Å²) in [7, 11) is 1.49. The average Bonchev–Trinajstić information content (AvgIpc) is 2.54. The lowest BCUT2D eigenvalue weighted by atomic mass is 10.2. The number of hydrazone groups is 1. The van der Waals surface area contributed by atoms with E-state index < -0.39 is 5.91 Å². The maximum Gasteiger partial charge on any atom is 0.275 e. The van der Waals surface area contributed by atoms with Gasteiger partial charge in [-0.1, -0.05) is 46.9 Å². The monoisotopic (exact) mass is 356 g/mol. The van der Waals surface area contributed by atoms with E-state index in [-0.39, 0.29) is 5.02 Å². The summed E-state index contributed by atoms with van der Waals surface area (Å²) in [5, 5.41) is 4.85. The molecule has 4 nitrogen and oxygen atoms in total.